The second kappa shape index (κ2) is 6.78. The number of nitrogens with zero attached hydrogens (tertiary/aromatic N) is 2. The molecule has 1 aliphatic carbocycles. The molecule has 1 amide bonds. The van der Waals surface area contributed by atoms with E-state index in [0.29, 0.717) is 29.9 Å². The monoisotopic (exact) mass is 393 g/mol. The summed E-state index contributed by atoms with van der Waals surface area (Å²) in [5.41, 5.74) is 5.24. The zero-order valence-corrected chi connectivity index (χ0v) is 15.9. The molecule has 148 valence electrons. The van der Waals surface area contributed by atoms with Gasteiger partial charge in [0.2, 0.25) is 11.8 Å². The molecule has 0 unspecified atom stereocenters. The van der Waals surface area contributed by atoms with E-state index >= 15 is 0 Å². The number of amides is 1. The van der Waals surface area contributed by atoms with E-state index in [4.69, 9.17) is 15.2 Å². The highest BCUT2D eigenvalue weighted by Crippen LogP contribution is 2.55. The zero-order chi connectivity index (χ0) is 20.8. The lowest BCUT2D eigenvalue weighted by Crippen LogP contribution is -2.47. The smallest absolute Gasteiger partial charge is 0.326 e. The van der Waals surface area contributed by atoms with Crippen molar-refractivity contribution >= 4 is 17.7 Å². The van der Waals surface area contributed by atoms with E-state index in [1.165, 1.54) is 4.90 Å². The molecule has 29 heavy (non-hydrogen) atoms. The number of ketones is 1. The summed E-state index contributed by atoms with van der Waals surface area (Å²) in [5, 5.41) is 9.90. The number of carbonyl (C=O) groups excluding carboxylic acids is 3. The fourth-order valence-electron chi connectivity index (χ4n) is 4.43. The van der Waals surface area contributed by atoms with Crippen LogP contribution in [0.2, 0.25) is 0 Å². The number of para-hydroxylation sites is 1. The maximum atomic E-state index is 13.8. The van der Waals surface area contributed by atoms with Crippen LogP contribution in [0.5, 0.6) is 5.75 Å². The Bertz CT molecular complexity index is 1050. The van der Waals surface area contributed by atoms with Gasteiger partial charge in [-0.2, -0.15) is 5.26 Å². The molecule has 8 heteroatoms. The second-order valence-corrected chi connectivity index (χ2v) is 6.99. The lowest BCUT2D eigenvalue weighted by Gasteiger charge is -2.35. The molecule has 0 radical (unpaired) electrons. The first-order valence-electron chi connectivity index (χ1n) is 9.38. The normalized spacial score (nSPS) is 23.0. The number of allylic oxidation sites excluding steroid dienone is 1. The van der Waals surface area contributed by atoms with Gasteiger partial charge < -0.3 is 20.1 Å². The SMILES string of the molecule is CCOC(=O)CN1C(=O)[C@]2(C(C#N)=C(N)Oc3ccccc32)C2=C1CCCC2=O. The third-order valence-electron chi connectivity index (χ3n) is 5.49. The van der Waals surface area contributed by atoms with Crippen LogP contribution in [-0.4, -0.2) is 35.7 Å². The third kappa shape index (κ3) is 2.47. The lowest BCUT2D eigenvalue weighted by molar-refractivity contribution is -0.148. The molecule has 3 aliphatic rings. The van der Waals surface area contributed by atoms with E-state index in [9.17, 15) is 19.6 Å². The van der Waals surface area contributed by atoms with Gasteiger partial charge in [-0.1, -0.05) is 18.2 Å². The van der Waals surface area contributed by atoms with Crippen molar-refractivity contribution in [3.05, 3.63) is 52.6 Å². The summed E-state index contributed by atoms with van der Waals surface area (Å²) < 4.78 is 10.6. The van der Waals surface area contributed by atoms with E-state index in [-0.39, 0.29) is 42.4 Å². The van der Waals surface area contributed by atoms with Gasteiger partial charge in [0.25, 0.3) is 0 Å². The summed E-state index contributed by atoms with van der Waals surface area (Å²) in [4.78, 5) is 40.4. The van der Waals surface area contributed by atoms with Gasteiger partial charge in [-0.3, -0.25) is 14.4 Å². The fourth-order valence-corrected chi connectivity index (χ4v) is 4.43. The van der Waals surface area contributed by atoms with Gasteiger partial charge in [0, 0.05) is 23.3 Å². The molecule has 0 saturated heterocycles. The number of fused-ring (bicyclic) bond motifs is 3. The average molecular weight is 393 g/mol. The molecule has 2 heterocycles. The molecule has 2 aliphatic heterocycles. The van der Waals surface area contributed by atoms with Gasteiger partial charge >= 0.3 is 5.97 Å². The van der Waals surface area contributed by atoms with Crippen LogP contribution in [0.25, 0.3) is 0 Å². The van der Waals surface area contributed by atoms with Crippen molar-refractivity contribution in [1.29, 1.82) is 5.26 Å². The predicted octanol–water partition coefficient (Wildman–Crippen LogP) is 1.42. The number of nitriles is 1. The third-order valence-corrected chi connectivity index (χ3v) is 5.49. The van der Waals surface area contributed by atoms with E-state index < -0.39 is 17.3 Å². The van der Waals surface area contributed by atoms with Crippen LogP contribution < -0.4 is 10.5 Å². The number of rotatable bonds is 3. The number of hydrogen-bond acceptors (Lipinski definition) is 7. The molecule has 1 spiro atoms. The summed E-state index contributed by atoms with van der Waals surface area (Å²) in [6.45, 7) is 1.51. The average Bonchev–Trinajstić information content (AvgIpc) is 2.93. The first kappa shape index (κ1) is 18.7. The Labute approximate surface area is 167 Å². The van der Waals surface area contributed by atoms with Crippen LogP contribution >= 0.6 is 0 Å². The second-order valence-electron chi connectivity index (χ2n) is 6.99. The molecule has 8 nitrogen and oxygen atoms in total. The zero-order valence-electron chi connectivity index (χ0n) is 15.9. The predicted molar refractivity (Wildman–Crippen MR) is 99.8 cm³/mol. The Morgan fingerprint density at radius 2 is 2.10 bits per heavy atom. The summed E-state index contributed by atoms with van der Waals surface area (Å²) in [5.74, 6) is -1.29. The van der Waals surface area contributed by atoms with Gasteiger partial charge in [0.05, 0.1) is 6.61 Å². The molecular weight excluding hydrogens is 374 g/mol. The fraction of sp³-hybridized carbons (Fsp3) is 0.333. The highest BCUT2D eigenvalue weighted by molar-refractivity contribution is 6.15. The lowest BCUT2D eigenvalue weighted by atomic mass is 9.65. The molecule has 1 atom stereocenters. The number of ether oxygens (including phenoxy) is 2. The standard InChI is InChI=1S/C21H19N3O5/c1-2-28-17(26)11-24-14-7-5-8-15(25)18(14)21(20(24)27)12-6-3-4-9-16(12)29-19(23)13(21)10-22/h3-4,6,9H,2,5,7-8,11,23H2,1H3/t21-/m1/s1. The molecule has 0 fully saturated rings. The molecular formula is C21H19N3O5. The Hall–Kier alpha value is -3.60. The molecule has 1 aromatic rings. The first-order valence-corrected chi connectivity index (χ1v) is 9.38. The minimum absolute atomic E-state index is 0.129. The Morgan fingerprint density at radius 3 is 2.83 bits per heavy atom. The van der Waals surface area contributed by atoms with E-state index in [1.54, 1.807) is 31.2 Å². The molecule has 0 bridgehead atoms. The van der Waals surface area contributed by atoms with Crippen LogP contribution in [-0.2, 0) is 24.5 Å². The number of Topliss-reactive ketones (excluding diaryl/α,β-unsaturated/α-hetero) is 1. The number of carbonyl (C=O) groups is 3. The summed E-state index contributed by atoms with van der Waals surface area (Å²) in [7, 11) is 0. The summed E-state index contributed by atoms with van der Waals surface area (Å²) in [6, 6.07) is 8.69. The van der Waals surface area contributed by atoms with Crippen LogP contribution in [0.3, 0.4) is 0 Å². The van der Waals surface area contributed by atoms with Gasteiger partial charge in [0.15, 0.2) is 5.78 Å². The molecule has 1 aromatic carbocycles. The van der Waals surface area contributed by atoms with Crippen LogP contribution in [0.1, 0.15) is 31.7 Å². The minimum Gasteiger partial charge on any atom is -0.465 e. The van der Waals surface area contributed by atoms with E-state index in [0.717, 1.165) is 0 Å². The van der Waals surface area contributed by atoms with Gasteiger partial charge in [-0.05, 0) is 25.8 Å². The Morgan fingerprint density at radius 1 is 1.34 bits per heavy atom. The number of benzene rings is 1. The molecule has 0 saturated carbocycles. The number of hydrogen-bond donors (Lipinski definition) is 1. The highest BCUT2D eigenvalue weighted by atomic mass is 16.5. The van der Waals surface area contributed by atoms with Crippen molar-refractivity contribution in [3.8, 4) is 11.8 Å². The molecule has 2 N–H and O–H groups in total. The molecule has 0 aromatic heterocycles. The number of esters is 1. The topological polar surface area (TPSA) is 123 Å². The van der Waals surface area contributed by atoms with Crippen molar-refractivity contribution in [2.24, 2.45) is 5.73 Å². The first-order chi connectivity index (χ1) is 14.0. The van der Waals surface area contributed by atoms with Crippen molar-refractivity contribution in [2.45, 2.75) is 31.6 Å². The highest BCUT2D eigenvalue weighted by Gasteiger charge is 2.62. The Kier molecular flexibility index (Phi) is 4.38. The van der Waals surface area contributed by atoms with E-state index in [1.807, 2.05) is 6.07 Å². The minimum atomic E-state index is -1.70. The largest absolute Gasteiger partial charge is 0.465 e. The summed E-state index contributed by atoms with van der Waals surface area (Å²) in [6.07, 6.45) is 1.25. The van der Waals surface area contributed by atoms with Crippen LogP contribution in [0.4, 0.5) is 0 Å². The van der Waals surface area contributed by atoms with Crippen LogP contribution in [0.15, 0.2) is 47.0 Å². The van der Waals surface area contributed by atoms with Gasteiger partial charge in [0.1, 0.15) is 29.4 Å². The Balaban J connectivity index is 2.00. The van der Waals surface area contributed by atoms with Crippen molar-refractivity contribution in [3.63, 3.8) is 0 Å². The molecule has 4 rings (SSSR count). The number of nitrogens with two attached hydrogens (primary N) is 1. The van der Waals surface area contributed by atoms with Crippen molar-refractivity contribution in [1.82, 2.24) is 4.90 Å². The quantitative estimate of drug-likeness (QED) is 0.771. The maximum Gasteiger partial charge on any atom is 0.326 e. The van der Waals surface area contributed by atoms with Crippen molar-refractivity contribution < 1.29 is 23.9 Å². The van der Waals surface area contributed by atoms with Crippen molar-refractivity contribution in [2.75, 3.05) is 13.2 Å². The maximum absolute atomic E-state index is 13.8. The summed E-state index contributed by atoms with van der Waals surface area (Å²) >= 11 is 0. The van der Waals surface area contributed by atoms with Crippen LogP contribution in [0, 0.1) is 11.3 Å². The van der Waals surface area contributed by atoms with Gasteiger partial charge in [-0.25, -0.2) is 0 Å². The van der Waals surface area contributed by atoms with Gasteiger partial charge in [-0.15, -0.1) is 0 Å². The van der Waals surface area contributed by atoms with E-state index in [2.05, 4.69) is 0 Å².